The number of carbonyl (C=O) groups is 2. The van der Waals surface area contributed by atoms with E-state index in [4.69, 9.17) is 4.74 Å². The number of ketones is 1. The van der Waals surface area contributed by atoms with E-state index < -0.39 is 0 Å². The predicted molar refractivity (Wildman–Crippen MR) is 81.6 cm³/mol. The lowest BCUT2D eigenvalue weighted by Crippen LogP contribution is -2.35. The minimum absolute atomic E-state index is 0.0469. The van der Waals surface area contributed by atoms with Crippen LogP contribution in [0.5, 0.6) is 5.75 Å². The quantitative estimate of drug-likeness (QED) is 0.783. The number of Topliss-reactive ketones (excluding diaryl/α,β-unsaturated/α-hetero) is 1. The van der Waals surface area contributed by atoms with E-state index in [9.17, 15) is 9.59 Å². The maximum atomic E-state index is 12.1. The number of ether oxygens (including phenoxy) is 1. The van der Waals surface area contributed by atoms with Gasteiger partial charge in [-0.1, -0.05) is 19.8 Å². The number of amides is 1. The van der Waals surface area contributed by atoms with Crippen LogP contribution in [0.15, 0.2) is 24.3 Å². The van der Waals surface area contributed by atoms with Crippen LogP contribution in [0.3, 0.4) is 0 Å². The van der Waals surface area contributed by atoms with Gasteiger partial charge in [0.25, 0.3) is 5.91 Å². The molecule has 2 rings (SSSR count). The molecule has 0 unspecified atom stereocenters. The number of hydrogen-bond acceptors (Lipinski definition) is 3. The Morgan fingerprint density at radius 1 is 1.05 bits per heavy atom. The van der Waals surface area contributed by atoms with Gasteiger partial charge in [0.05, 0.1) is 0 Å². The normalized spacial score (nSPS) is 15.4. The summed E-state index contributed by atoms with van der Waals surface area (Å²) in [5, 5.41) is 0. The first kappa shape index (κ1) is 15.5. The van der Waals surface area contributed by atoms with Crippen molar-refractivity contribution >= 4 is 11.7 Å². The molecule has 4 heteroatoms. The molecule has 1 aliphatic heterocycles. The Hall–Kier alpha value is -1.84. The van der Waals surface area contributed by atoms with Gasteiger partial charge in [-0.05, 0) is 37.1 Å². The second kappa shape index (κ2) is 7.81. The number of likely N-dealkylation sites (tertiary alicyclic amines) is 1. The first-order valence-electron chi connectivity index (χ1n) is 7.74. The molecule has 21 heavy (non-hydrogen) atoms. The average Bonchev–Trinajstić information content (AvgIpc) is 2.81. The SMILES string of the molecule is CCC(=O)c1ccc(OCC(=O)N2CCCCCC2)cc1. The largest absolute Gasteiger partial charge is 0.484 e. The van der Waals surface area contributed by atoms with Crippen molar-refractivity contribution in [1.29, 1.82) is 0 Å². The maximum Gasteiger partial charge on any atom is 0.260 e. The molecular formula is C17H23NO3. The van der Waals surface area contributed by atoms with Gasteiger partial charge in [-0.3, -0.25) is 9.59 Å². The smallest absolute Gasteiger partial charge is 0.260 e. The average molecular weight is 289 g/mol. The fraction of sp³-hybridized carbons (Fsp3) is 0.529. The molecule has 1 heterocycles. The molecule has 0 bridgehead atoms. The molecule has 0 spiro atoms. The zero-order valence-corrected chi connectivity index (χ0v) is 12.6. The molecule has 0 N–H and O–H groups in total. The second-order valence-corrected chi connectivity index (χ2v) is 5.38. The van der Waals surface area contributed by atoms with Gasteiger partial charge >= 0.3 is 0 Å². The van der Waals surface area contributed by atoms with E-state index >= 15 is 0 Å². The molecule has 1 amide bonds. The van der Waals surface area contributed by atoms with Crippen molar-refractivity contribution in [3.05, 3.63) is 29.8 Å². The molecule has 1 aliphatic rings. The van der Waals surface area contributed by atoms with E-state index in [0.29, 0.717) is 17.7 Å². The van der Waals surface area contributed by atoms with Crippen LogP contribution in [0, 0.1) is 0 Å². The Balaban J connectivity index is 1.84. The Kier molecular flexibility index (Phi) is 5.78. The summed E-state index contributed by atoms with van der Waals surface area (Å²) in [6.07, 6.45) is 5.07. The summed E-state index contributed by atoms with van der Waals surface area (Å²) in [5.74, 6) is 0.790. The van der Waals surface area contributed by atoms with Crippen LogP contribution in [0.1, 0.15) is 49.4 Å². The van der Waals surface area contributed by atoms with E-state index in [-0.39, 0.29) is 18.3 Å². The highest BCUT2D eigenvalue weighted by molar-refractivity contribution is 5.95. The van der Waals surface area contributed by atoms with Crippen molar-refractivity contribution in [3.8, 4) is 5.75 Å². The fourth-order valence-electron chi connectivity index (χ4n) is 2.50. The lowest BCUT2D eigenvalue weighted by atomic mass is 10.1. The fourth-order valence-corrected chi connectivity index (χ4v) is 2.50. The van der Waals surface area contributed by atoms with Gasteiger partial charge < -0.3 is 9.64 Å². The topological polar surface area (TPSA) is 46.6 Å². The van der Waals surface area contributed by atoms with Crippen LogP contribution < -0.4 is 4.74 Å². The van der Waals surface area contributed by atoms with Crippen molar-refractivity contribution in [2.45, 2.75) is 39.0 Å². The minimum Gasteiger partial charge on any atom is -0.484 e. The first-order chi connectivity index (χ1) is 10.2. The molecule has 0 aliphatic carbocycles. The third kappa shape index (κ3) is 4.59. The van der Waals surface area contributed by atoms with E-state index in [1.54, 1.807) is 24.3 Å². The van der Waals surface area contributed by atoms with Gasteiger partial charge in [-0.15, -0.1) is 0 Å². The molecule has 1 aromatic rings. The zero-order valence-electron chi connectivity index (χ0n) is 12.6. The van der Waals surface area contributed by atoms with Gasteiger partial charge in [-0.2, -0.15) is 0 Å². The Morgan fingerprint density at radius 3 is 2.24 bits per heavy atom. The van der Waals surface area contributed by atoms with Crippen LogP contribution >= 0.6 is 0 Å². The molecule has 114 valence electrons. The van der Waals surface area contributed by atoms with Gasteiger partial charge in [0.1, 0.15) is 5.75 Å². The monoisotopic (exact) mass is 289 g/mol. The van der Waals surface area contributed by atoms with Crippen LogP contribution in [0.2, 0.25) is 0 Å². The van der Waals surface area contributed by atoms with E-state index in [1.165, 1.54) is 12.8 Å². The molecule has 0 aromatic heterocycles. The van der Waals surface area contributed by atoms with Crippen LogP contribution in [0.25, 0.3) is 0 Å². The van der Waals surface area contributed by atoms with Gasteiger partial charge in [0, 0.05) is 25.1 Å². The molecule has 1 fully saturated rings. The molecule has 0 radical (unpaired) electrons. The van der Waals surface area contributed by atoms with Crippen molar-refractivity contribution in [2.75, 3.05) is 19.7 Å². The molecule has 0 saturated carbocycles. The van der Waals surface area contributed by atoms with Gasteiger partial charge in [0.2, 0.25) is 0 Å². The number of rotatable bonds is 5. The highest BCUT2D eigenvalue weighted by atomic mass is 16.5. The number of nitrogens with zero attached hydrogens (tertiary/aromatic N) is 1. The summed E-state index contributed by atoms with van der Waals surface area (Å²) >= 11 is 0. The highest BCUT2D eigenvalue weighted by Gasteiger charge is 2.15. The first-order valence-corrected chi connectivity index (χ1v) is 7.74. The number of hydrogen-bond donors (Lipinski definition) is 0. The van der Waals surface area contributed by atoms with Crippen molar-refractivity contribution in [1.82, 2.24) is 4.90 Å². The summed E-state index contributed by atoms with van der Waals surface area (Å²) in [6.45, 7) is 3.59. The summed E-state index contributed by atoms with van der Waals surface area (Å²) in [4.78, 5) is 25.5. The lowest BCUT2D eigenvalue weighted by Gasteiger charge is -2.20. The Labute approximate surface area is 126 Å². The Bertz CT molecular complexity index is 473. The molecule has 0 atom stereocenters. The summed E-state index contributed by atoms with van der Waals surface area (Å²) in [7, 11) is 0. The predicted octanol–water partition coefficient (Wildman–Crippen LogP) is 3.06. The standard InChI is InChI=1S/C17H23NO3/c1-2-16(19)14-7-9-15(10-8-14)21-13-17(20)18-11-5-3-4-6-12-18/h7-10H,2-6,11-13H2,1H3. The highest BCUT2D eigenvalue weighted by Crippen LogP contribution is 2.14. The summed E-state index contributed by atoms with van der Waals surface area (Å²) < 4.78 is 5.53. The number of carbonyl (C=O) groups excluding carboxylic acids is 2. The third-order valence-electron chi connectivity index (χ3n) is 3.82. The van der Waals surface area contributed by atoms with E-state index in [2.05, 4.69) is 0 Å². The maximum absolute atomic E-state index is 12.1. The van der Waals surface area contributed by atoms with Crippen molar-refractivity contribution in [2.24, 2.45) is 0 Å². The molecule has 1 aromatic carbocycles. The summed E-state index contributed by atoms with van der Waals surface area (Å²) in [6, 6.07) is 6.99. The molecular weight excluding hydrogens is 266 g/mol. The second-order valence-electron chi connectivity index (χ2n) is 5.38. The van der Waals surface area contributed by atoms with Gasteiger partial charge in [-0.25, -0.2) is 0 Å². The van der Waals surface area contributed by atoms with Crippen molar-refractivity contribution in [3.63, 3.8) is 0 Å². The minimum atomic E-state index is 0.0469. The Morgan fingerprint density at radius 2 is 1.67 bits per heavy atom. The summed E-state index contributed by atoms with van der Waals surface area (Å²) in [5.41, 5.74) is 0.684. The van der Waals surface area contributed by atoms with Crippen LogP contribution in [-0.2, 0) is 4.79 Å². The number of benzene rings is 1. The van der Waals surface area contributed by atoms with Crippen molar-refractivity contribution < 1.29 is 14.3 Å². The zero-order chi connectivity index (χ0) is 15.1. The molecule has 4 nitrogen and oxygen atoms in total. The molecule has 1 saturated heterocycles. The van der Waals surface area contributed by atoms with Crippen LogP contribution in [0.4, 0.5) is 0 Å². The van der Waals surface area contributed by atoms with E-state index in [1.807, 2.05) is 11.8 Å². The third-order valence-corrected chi connectivity index (χ3v) is 3.82. The van der Waals surface area contributed by atoms with E-state index in [0.717, 1.165) is 25.9 Å². The lowest BCUT2D eigenvalue weighted by molar-refractivity contribution is -0.133. The van der Waals surface area contributed by atoms with Crippen LogP contribution in [-0.4, -0.2) is 36.3 Å². The van der Waals surface area contributed by atoms with Gasteiger partial charge in [0.15, 0.2) is 12.4 Å².